The van der Waals surface area contributed by atoms with Gasteiger partial charge in [0.25, 0.3) is 0 Å². The van der Waals surface area contributed by atoms with Gasteiger partial charge in [-0.05, 0) is 18.1 Å². The molecule has 2 aromatic rings. The average molecular weight is 242 g/mol. The van der Waals surface area contributed by atoms with Crippen molar-refractivity contribution in [3.05, 3.63) is 48.2 Å². The molecule has 4 nitrogen and oxygen atoms in total. The largest absolute Gasteiger partial charge is 0.384 e. The van der Waals surface area contributed by atoms with E-state index in [0.29, 0.717) is 6.04 Å². The number of hydrogen-bond acceptors (Lipinski definition) is 3. The number of rotatable bonds is 3. The van der Waals surface area contributed by atoms with Gasteiger partial charge in [0.15, 0.2) is 0 Å². The fourth-order valence-electron chi connectivity index (χ4n) is 2.63. The lowest BCUT2D eigenvalue weighted by Gasteiger charge is -2.16. The predicted octanol–water partition coefficient (Wildman–Crippen LogP) is 1.91. The van der Waals surface area contributed by atoms with Crippen molar-refractivity contribution < 1.29 is 0 Å². The third-order valence-electron chi connectivity index (χ3n) is 3.54. The Morgan fingerprint density at radius 3 is 2.78 bits per heavy atom. The maximum Gasteiger partial charge on any atom is 0.122 e. The van der Waals surface area contributed by atoms with Crippen LogP contribution in [-0.2, 0) is 6.54 Å². The smallest absolute Gasteiger partial charge is 0.122 e. The molecule has 0 amide bonds. The van der Waals surface area contributed by atoms with Gasteiger partial charge in [0.05, 0.1) is 12.2 Å². The maximum absolute atomic E-state index is 5.90. The quantitative estimate of drug-likeness (QED) is 0.894. The normalized spacial score (nSPS) is 20.3. The molecule has 0 unspecified atom stereocenters. The predicted molar refractivity (Wildman–Crippen MR) is 72.0 cm³/mol. The first-order valence-corrected chi connectivity index (χ1v) is 6.38. The van der Waals surface area contributed by atoms with Crippen LogP contribution in [0.3, 0.4) is 0 Å². The van der Waals surface area contributed by atoms with Gasteiger partial charge in [0.1, 0.15) is 5.82 Å². The van der Waals surface area contributed by atoms with E-state index in [4.69, 9.17) is 5.73 Å². The lowest BCUT2D eigenvalue weighted by Crippen LogP contribution is -2.22. The van der Waals surface area contributed by atoms with Gasteiger partial charge < -0.3 is 5.73 Å². The molecule has 1 atom stereocenters. The molecule has 0 aliphatic carbocycles. The zero-order chi connectivity index (χ0) is 12.4. The summed E-state index contributed by atoms with van der Waals surface area (Å²) in [4.78, 5) is 2.46. The summed E-state index contributed by atoms with van der Waals surface area (Å²) in [5.74, 6) is 0.765. The number of nitrogen functional groups attached to an aromatic ring is 1. The summed E-state index contributed by atoms with van der Waals surface area (Å²) < 4.78 is 1.95. The minimum absolute atomic E-state index is 0.420. The van der Waals surface area contributed by atoms with E-state index >= 15 is 0 Å². The standard InChI is InChI=1S/C14H18N4/c15-14-6-8-16-18(14)13-7-9-17(11-13)10-12-4-2-1-3-5-12/h1-6,8,13H,7,9-11,15H2/t13-/m0/s1. The van der Waals surface area contributed by atoms with Crippen LogP contribution in [0.25, 0.3) is 0 Å². The second kappa shape index (κ2) is 4.82. The molecule has 3 rings (SSSR count). The summed E-state index contributed by atoms with van der Waals surface area (Å²) in [6.07, 6.45) is 2.90. The van der Waals surface area contributed by atoms with Crippen molar-refractivity contribution in [2.24, 2.45) is 0 Å². The van der Waals surface area contributed by atoms with Gasteiger partial charge in [-0.1, -0.05) is 30.3 Å². The van der Waals surface area contributed by atoms with Crippen molar-refractivity contribution >= 4 is 5.82 Å². The Bertz CT molecular complexity index is 506. The average Bonchev–Trinajstić information content (AvgIpc) is 2.99. The number of nitrogens with two attached hydrogens (primary N) is 1. The molecule has 1 aliphatic rings. The van der Waals surface area contributed by atoms with Crippen LogP contribution in [0.5, 0.6) is 0 Å². The highest BCUT2D eigenvalue weighted by Gasteiger charge is 2.25. The monoisotopic (exact) mass is 242 g/mol. The Morgan fingerprint density at radius 1 is 1.22 bits per heavy atom. The van der Waals surface area contributed by atoms with Gasteiger partial charge in [0.2, 0.25) is 0 Å². The lowest BCUT2D eigenvalue weighted by molar-refractivity contribution is 0.312. The molecule has 0 spiro atoms. The highest BCUT2D eigenvalue weighted by Crippen LogP contribution is 2.24. The van der Waals surface area contributed by atoms with Crippen LogP contribution in [0.2, 0.25) is 0 Å². The Morgan fingerprint density at radius 2 is 2.06 bits per heavy atom. The number of likely N-dealkylation sites (tertiary alicyclic amines) is 1. The van der Waals surface area contributed by atoms with Crippen LogP contribution in [0, 0.1) is 0 Å². The summed E-state index contributed by atoms with van der Waals surface area (Å²) >= 11 is 0. The summed E-state index contributed by atoms with van der Waals surface area (Å²) in [6, 6.07) is 12.9. The molecule has 1 aromatic heterocycles. The summed E-state index contributed by atoms with van der Waals surface area (Å²) in [5.41, 5.74) is 7.27. The van der Waals surface area contributed by atoms with E-state index < -0.39 is 0 Å². The molecule has 18 heavy (non-hydrogen) atoms. The van der Waals surface area contributed by atoms with Crippen LogP contribution in [-0.4, -0.2) is 27.8 Å². The van der Waals surface area contributed by atoms with Gasteiger partial charge in [-0.15, -0.1) is 0 Å². The van der Waals surface area contributed by atoms with Crippen molar-refractivity contribution in [3.63, 3.8) is 0 Å². The molecule has 1 fully saturated rings. The number of benzene rings is 1. The second-order valence-electron chi connectivity index (χ2n) is 4.86. The fraction of sp³-hybridized carbons (Fsp3) is 0.357. The lowest BCUT2D eigenvalue weighted by atomic mass is 10.2. The molecule has 2 N–H and O–H groups in total. The topological polar surface area (TPSA) is 47.1 Å². The molecule has 0 radical (unpaired) electrons. The van der Waals surface area contributed by atoms with Crippen LogP contribution < -0.4 is 5.73 Å². The van der Waals surface area contributed by atoms with E-state index in [1.807, 2.05) is 10.7 Å². The molecule has 1 aromatic carbocycles. The van der Waals surface area contributed by atoms with Crippen molar-refractivity contribution in [3.8, 4) is 0 Å². The van der Waals surface area contributed by atoms with E-state index in [2.05, 4.69) is 40.3 Å². The Kier molecular flexibility index (Phi) is 3.02. The van der Waals surface area contributed by atoms with E-state index in [1.165, 1.54) is 5.56 Å². The number of aromatic nitrogens is 2. The van der Waals surface area contributed by atoms with Crippen LogP contribution in [0.15, 0.2) is 42.6 Å². The first kappa shape index (κ1) is 11.3. The summed E-state index contributed by atoms with van der Waals surface area (Å²) in [7, 11) is 0. The molecule has 2 heterocycles. The summed E-state index contributed by atoms with van der Waals surface area (Å²) in [5, 5.41) is 4.30. The third kappa shape index (κ3) is 2.24. The Labute approximate surface area is 107 Å². The zero-order valence-electron chi connectivity index (χ0n) is 10.4. The van der Waals surface area contributed by atoms with Gasteiger partial charge >= 0.3 is 0 Å². The Hall–Kier alpha value is -1.81. The number of nitrogens with zero attached hydrogens (tertiary/aromatic N) is 3. The minimum Gasteiger partial charge on any atom is -0.384 e. The van der Waals surface area contributed by atoms with Crippen molar-refractivity contribution in [2.45, 2.75) is 19.0 Å². The van der Waals surface area contributed by atoms with E-state index in [-0.39, 0.29) is 0 Å². The molecule has 94 valence electrons. The van der Waals surface area contributed by atoms with Crippen molar-refractivity contribution in [1.82, 2.24) is 14.7 Å². The van der Waals surface area contributed by atoms with Gasteiger partial charge in [-0.3, -0.25) is 4.90 Å². The molecular formula is C14H18N4. The first-order chi connectivity index (χ1) is 8.83. The summed E-state index contributed by atoms with van der Waals surface area (Å²) in [6.45, 7) is 3.15. The third-order valence-corrected chi connectivity index (χ3v) is 3.54. The number of hydrogen-bond donors (Lipinski definition) is 1. The minimum atomic E-state index is 0.420. The first-order valence-electron chi connectivity index (χ1n) is 6.38. The van der Waals surface area contributed by atoms with Crippen LogP contribution in [0.4, 0.5) is 5.82 Å². The van der Waals surface area contributed by atoms with Gasteiger partial charge in [-0.25, -0.2) is 4.68 Å². The van der Waals surface area contributed by atoms with E-state index in [0.717, 1.165) is 31.9 Å². The number of anilines is 1. The van der Waals surface area contributed by atoms with Crippen LogP contribution >= 0.6 is 0 Å². The maximum atomic E-state index is 5.90. The second-order valence-corrected chi connectivity index (χ2v) is 4.86. The Balaban J connectivity index is 1.64. The zero-order valence-corrected chi connectivity index (χ0v) is 10.4. The molecule has 0 bridgehead atoms. The highest BCUT2D eigenvalue weighted by molar-refractivity contribution is 5.27. The SMILES string of the molecule is Nc1ccnn1[C@H]1CCN(Cc2ccccc2)C1. The van der Waals surface area contributed by atoms with Gasteiger partial charge in [0, 0.05) is 19.6 Å². The highest BCUT2D eigenvalue weighted by atomic mass is 15.4. The molecule has 4 heteroatoms. The molecule has 1 aliphatic heterocycles. The van der Waals surface area contributed by atoms with Crippen molar-refractivity contribution in [2.75, 3.05) is 18.8 Å². The van der Waals surface area contributed by atoms with Crippen molar-refractivity contribution in [1.29, 1.82) is 0 Å². The van der Waals surface area contributed by atoms with Crippen LogP contribution in [0.1, 0.15) is 18.0 Å². The molecule has 1 saturated heterocycles. The molecular weight excluding hydrogens is 224 g/mol. The van der Waals surface area contributed by atoms with Gasteiger partial charge in [-0.2, -0.15) is 5.10 Å². The van der Waals surface area contributed by atoms with E-state index in [1.54, 1.807) is 6.20 Å². The fourth-order valence-corrected chi connectivity index (χ4v) is 2.63. The molecule has 0 saturated carbocycles. The van der Waals surface area contributed by atoms with E-state index in [9.17, 15) is 0 Å².